The molecule has 0 aliphatic heterocycles. The van der Waals surface area contributed by atoms with Gasteiger partial charge >= 0.3 is 0 Å². The number of rotatable bonds is 6. The minimum Gasteiger partial charge on any atom is -0.390 e. The van der Waals surface area contributed by atoms with Gasteiger partial charge in [0.1, 0.15) is 0 Å². The van der Waals surface area contributed by atoms with E-state index in [0.717, 1.165) is 19.5 Å². The maximum absolute atomic E-state index is 11.5. The van der Waals surface area contributed by atoms with Crippen LogP contribution in [0, 0.1) is 0 Å². The third kappa shape index (κ3) is 5.72. The van der Waals surface area contributed by atoms with Crippen molar-refractivity contribution in [2.24, 2.45) is 0 Å². The summed E-state index contributed by atoms with van der Waals surface area (Å²) in [5, 5.41) is 6.22. The average Bonchev–Trinajstić information content (AvgIpc) is 2.50. The molecule has 2 N–H and O–H groups in total. The molecule has 1 radical (unpaired) electrons. The van der Waals surface area contributed by atoms with Gasteiger partial charge in [-0.15, -0.1) is 0 Å². The standard InChI is InChI=1S/C17H18N2O2.Cu/c20-16-8-3-1-6-14(16)12-18-10-5-11-19-13-15-7-2-4-9-17(15)21;/h1-4,6-9,12-13,18-19H,5,10-11H2;/b14-12-,15-13-;/i;1+3. The Balaban J connectivity index is 0.00000242. The van der Waals surface area contributed by atoms with Crippen LogP contribution in [0.3, 0.4) is 0 Å². The van der Waals surface area contributed by atoms with E-state index in [1.807, 2.05) is 12.2 Å². The summed E-state index contributed by atoms with van der Waals surface area (Å²) in [4.78, 5) is 22.9. The molecule has 0 atom stereocenters. The predicted octanol–water partition coefficient (Wildman–Crippen LogP) is 1.71. The van der Waals surface area contributed by atoms with E-state index in [1.165, 1.54) is 0 Å². The van der Waals surface area contributed by atoms with Crippen molar-refractivity contribution in [2.75, 3.05) is 13.1 Å². The molecule has 2 aliphatic carbocycles. The SMILES string of the molecule is O=C1C=CC=C/C1=C/NCCCN/C=C1/C=CC=CC1=O.[67Cu]. The first-order valence-corrected chi connectivity index (χ1v) is 6.92. The molecule has 119 valence electrons. The molecule has 0 aromatic rings. The quantitative estimate of drug-likeness (QED) is 0.436. The molecule has 2 aliphatic rings. The normalized spacial score (nSPS) is 19.6. The Bertz CT molecular complexity index is 544. The van der Waals surface area contributed by atoms with Crippen LogP contribution in [0.4, 0.5) is 0 Å². The molecule has 5 heteroatoms. The summed E-state index contributed by atoms with van der Waals surface area (Å²) in [5.74, 6) is 0.0343. The van der Waals surface area contributed by atoms with Crippen molar-refractivity contribution in [2.45, 2.75) is 6.42 Å². The van der Waals surface area contributed by atoms with Crippen LogP contribution in [0.25, 0.3) is 0 Å². The van der Waals surface area contributed by atoms with Gasteiger partial charge < -0.3 is 10.6 Å². The number of ketones is 2. The molecule has 0 saturated heterocycles. The zero-order valence-electron chi connectivity index (χ0n) is 12.0. The third-order valence-electron chi connectivity index (χ3n) is 3.00. The average molecular weight is 349 g/mol. The first-order chi connectivity index (χ1) is 10.3. The number of nitrogens with one attached hydrogen (secondary N) is 2. The van der Waals surface area contributed by atoms with Crippen molar-refractivity contribution >= 4 is 11.6 Å². The van der Waals surface area contributed by atoms with E-state index in [4.69, 9.17) is 0 Å². The van der Waals surface area contributed by atoms with E-state index in [9.17, 15) is 9.59 Å². The fourth-order valence-electron chi connectivity index (χ4n) is 1.86. The first kappa shape index (κ1) is 17.9. The molecule has 0 heterocycles. The van der Waals surface area contributed by atoms with Gasteiger partial charge in [0.25, 0.3) is 0 Å². The summed E-state index contributed by atoms with van der Waals surface area (Å²) in [7, 11) is 0. The van der Waals surface area contributed by atoms with Gasteiger partial charge in [0.15, 0.2) is 11.6 Å². The summed E-state index contributed by atoms with van der Waals surface area (Å²) >= 11 is 0. The Morgan fingerprint density at radius 2 is 1.14 bits per heavy atom. The molecular formula is C17H18CuN2O2. The Hall–Kier alpha value is -2.10. The molecule has 0 aromatic carbocycles. The molecule has 0 unspecified atom stereocenters. The maximum Gasteiger partial charge on any atom is 0.187 e. The van der Waals surface area contributed by atoms with E-state index in [0.29, 0.717) is 11.1 Å². The monoisotopic (exact) mass is 349 g/mol. The van der Waals surface area contributed by atoms with Crippen LogP contribution in [0.5, 0.6) is 0 Å². The van der Waals surface area contributed by atoms with Gasteiger partial charge in [0, 0.05) is 53.7 Å². The molecular weight excluding hydrogens is 331 g/mol. The van der Waals surface area contributed by atoms with Crippen molar-refractivity contribution in [1.29, 1.82) is 0 Å². The Labute approximate surface area is 140 Å². The Morgan fingerprint density at radius 1 is 0.727 bits per heavy atom. The topological polar surface area (TPSA) is 58.2 Å². The van der Waals surface area contributed by atoms with Gasteiger partial charge in [0.2, 0.25) is 0 Å². The van der Waals surface area contributed by atoms with Gasteiger partial charge in [0.05, 0.1) is 0 Å². The smallest absolute Gasteiger partial charge is 0.187 e. The molecule has 0 aromatic heterocycles. The number of allylic oxidation sites excluding steroid dienone is 10. The Morgan fingerprint density at radius 3 is 1.55 bits per heavy atom. The first-order valence-electron chi connectivity index (χ1n) is 6.92. The summed E-state index contributed by atoms with van der Waals surface area (Å²) < 4.78 is 0. The second-order valence-electron chi connectivity index (χ2n) is 4.63. The number of hydrogen-bond acceptors (Lipinski definition) is 4. The van der Waals surface area contributed by atoms with E-state index < -0.39 is 0 Å². The fraction of sp³-hybridized carbons (Fsp3) is 0.176. The summed E-state index contributed by atoms with van der Waals surface area (Å²) in [6.07, 6.45) is 18.2. The molecule has 2 rings (SSSR count). The molecule has 0 spiro atoms. The van der Waals surface area contributed by atoms with Crippen LogP contribution in [0.15, 0.2) is 72.2 Å². The van der Waals surface area contributed by atoms with Crippen molar-refractivity contribution in [3.05, 3.63) is 72.2 Å². The fourth-order valence-corrected chi connectivity index (χ4v) is 1.86. The maximum atomic E-state index is 11.5. The Kier molecular flexibility index (Phi) is 7.97. The molecule has 0 fully saturated rings. The van der Waals surface area contributed by atoms with Crippen molar-refractivity contribution < 1.29 is 26.7 Å². The second kappa shape index (κ2) is 9.77. The van der Waals surface area contributed by atoms with Crippen LogP contribution in [0.1, 0.15) is 6.42 Å². The van der Waals surface area contributed by atoms with Gasteiger partial charge in [-0.3, -0.25) is 9.59 Å². The van der Waals surface area contributed by atoms with Crippen LogP contribution in [0.2, 0.25) is 0 Å². The number of hydrogen-bond donors (Lipinski definition) is 2. The molecule has 0 bridgehead atoms. The molecule has 0 amide bonds. The second-order valence-corrected chi connectivity index (χ2v) is 4.63. The van der Waals surface area contributed by atoms with Crippen molar-refractivity contribution in [3.63, 3.8) is 0 Å². The molecule has 0 saturated carbocycles. The summed E-state index contributed by atoms with van der Waals surface area (Å²) in [6, 6.07) is 0. The van der Waals surface area contributed by atoms with E-state index >= 15 is 0 Å². The van der Waals surface area contributed by atoms with Gasteiger partial charge in [-0.25, -0.2) is 0 Å². The minimum absolute atomic E-state index is 0. The molecule has 4 nitrogen and oxygen atoms in total. The van der Waals surface area contributed by atoms with E-state index in [1.54, 1.807) is 48.9 Å². The van der Waals surface area contributed by atoms with E-state index in [-0.39, 0.29) is 28.6 Å². The van der Waals surface area contributed by atoms with Crippen LogP contribution in [-0.4, -0.2) is 24.7 Å². The molecule has 22 heavy (non-hydrogen) atoms. The van der Waals surface area contributed by atoms with Crippen molar-refractivity contribution in [1.82, 2.24) is 10.6 Å². The zero-order valence-corrected chi connectivity index (χ0v) is 13.0. The number of carbonyl (C=O) groups excluding carboxylic acids is 2. The number of carbonyl (C=O) groups is 2. The van der Waals surface area contributed by atoms with Crippen LogP contribution >= 0.6 is 0 Å². The predicted molar refractivity (Wildman–Crippen MR) is 83.4 cm³/mol. The van der Waals surface area contributed by atoms with Crippen molar-refractivity contribution in [3.8, 4) is 0 Å². The minimum atomic E-state index is 0. The van der Waals surface area contributed by atoms with Gasteiger partial charge in [-0.1, -0.05) is 24.3 Å². The van der Waals surface area contributed by atoms with E-state index in [2.05, 4.69) is 10.6 Å². The van der Waals surface area contributed by atoms with Gasteiger partial charge in [-0.2, -0.15) is 0 Å². The summed E-state index contributed by atoms with van der Waals surface area (Å²) in [6.45, 7) is 1.52. The largest absolute Gasteiger partial charge is 0.390 e. The zero-order chi connectivity index (χ0) is 14.9. The van der Waals surface area contributed by atoms with Crippen LogP contribution < -0.4 is 10.6 Å². The summed E-state index contributed by atoms with van der Waals surface area (Å²) in [5.41, 5.74) is 1.33. The van der Waals surface area contributed by atoms with Gasteiger partial charge in [-0.05, 0) is 30.7 Å². The van der Waals surface area contributed by atoms with Crippen LogP contribution in [-0.2, 0) is 26.7 Å². The third-order valence-corrected chi connectivity index (χ3v) is 3.00.